The molecule has 0 aliphatic carbocycles. The lowest BCUT2D eigenvalue weighted by molar-refractivity contribution is 0.218. The molecule has 0 bridgehead atoms. The largest absolute Gasteiger partial charge is 0.384 e. The average Bonchev–Trinajstić information content (AvgIpc) is 2.38. The lowest BCUT2D eigenvalue weighted by atomic mass is 10.2. The zero-order valence-corrected chi connectivity index (χ0v) is 12.4. The highest BCUT2D eigenvalue weighted by Gasteiger charge is 2.14. The molecule has 3 N–H and O–H groups in total. The SMILES string of the molecule is COCCSCCS(=O)(=O)c1cccc(C(=N)N)c1. The Balaban J connectivity index is 2.66. The predicted molar refractivity (Wildman–Crippen MR) is 78.7 cm³/mol. The van der Waals surface area contributed by atoms with E-state index in [1.807, 2.05) is 0 Å². The van der Waals surface area contributed by atoms with Crippen LogP contribution in [-0.4, -0.2) is 45.2 Å². The molecule has 5 nitrogen and oxygen atoms in total. The number of methoxy groups -OCH3 is 1. The van der Waals surface area contributed by atoms with E-state index in [2.05, 4.69) is 0 Å². The van der Waals surface area contributed by atoms with Crippen LogP contribution in [0.15, 0.2) is 29.2 Å². The number of ether oxygens (including phenoxy) is 1. The molecule has 0 saturated heterocycles. The normalized spacial score (nSPS) is 11.4. The molecule has 0 atom stereocenters. The molecule has 0 aliphatic rings. The summed E-state index contributed by atoms with van der Waals surface area (Å²) in [7, 11) is -1.70. The summed E-state index contributed by atoms with van der Waals surface area (Å²) < 4.78 is 29.1. The molecule has 7 heteroatoms. The zero-order valence-electron chi connectivity index (χ0n) is 10.8. The van der Waals surface area contributed by atoms with E-state index in [4.69, 9.17) is 15.9 Å². The van der Waals surface area contributed by atoms with Crippen molar-refractivity contribution in [1.82, 2.24) is 0 Å². The Morgan fingerprint density at radius 2 is 2.16 bits per heavy atom. The smallest absolute Gasteiger partial charge is 0.179 e. The first kappa shape index (κ1) is 16.0. The third kappa shape index (κ3) is 5.22. The van der Waals surface area contributed by atoms with Crippen LogP contribution in [0.3, 0.4) is 0 Å². The van der Waals surface area contributed by atoms with Crippen LogP contribution in [0.25, 0.3) is 0 Å². The van der Waals surface area contributed by atoms with Gasteiger partial charge in [0.2, 0.25) is 0 Å². The Kier molecular flexibility index (Phi) is 6.33. The van der Waals surface area contributed by atoms with E-state index >= 15 is 0 Å². The molecular formula is C12H18N2O3S2. The van der Waals surface area contributed by atoms with Gasteiger partial charge >= 0.3 is 0 Å². The summed E-state index contributed by atoms with van der Waals surface area (Å²) in [5.41, 5.74) is 5.78. The molecule has 0 amide bonds. The molecule has 0 aromatic heterocycles. The summed E-state index contributed by atoms with van der Waals surface area (Å²) in [5.74, 6) is 1.24. The van der Waals surface area contributed by atoms with Crippen molar-refractivity contribution < 1.29 is 13.2 Å². The van der Waals surface area contributed by atoms with Crippen molar-refractivity contribution in [3.8, 4) is 0 Å². The maximum Gasteiger partial charge on any atom is 0.179 e. The number of nitrogen functional groups attached to an aromatic ring is 1. The van der Waals surface area contributed by atoms with Gasteiger partial charge in [-0.05, 0) is 12.1 Å². The molecule has 0 saturated carbocycles. The lowest BCUT2D eigenvalue weighted by Gasteiger charge is -2.06. The summed E-state index contributed by atoms with van der Waals surface area (Å²) in [6.45, 7) is 0.616. The summed E-state index contributed by atoms with van der Waals surface area (Å²) >= 11 is 1.54. The molecule has 0 unspecified atom stereocenters. The van der Waals surface area contributed by atoms with E-state index in [0.717, 1.165) is 5.75 Å². The van der Waals surface area contributed by atoms with E-state index in [-0.39, 0.29) is 16.5 Å². The van der Waals surface area contributed by atoms with Gasteiger partial charge in [0.05, 0.1) is 17.3 Å². The van der Waals surface area contributed by atoms with Crippen LogP contribution in [0, 0.1) is 5.41 Å². The minimum absolute atomic E-state index is 0.0722. The molecule has 1 rings (SSSR count). The van der Waals surface area contributed by atoms with Gasteiger partial charge in [0, 0.05) is 24.2 Å². The van der Waals surface area contributed by atoms with Gasteiger partial charge in [-0.3, -0.25) is 5.41 Å². The van der Waals surface area contributed by atoms with E-state index in [1.165, 1.54) is 23.9 Å². The Morgan fingerprint density at radius 1 is 1.42 bits per heavy atom. The molecular weight excluding hydrogens is 284 g/mol. The van der Waals surface area contributed by atoms with Crippen molar-refractivity contribution in [2.24, 2.45) is 5.73 Å². The second-order valence-electron chi connectivity index (χ2n) is 3.87. The van der Waals surface area contributed by atoms with E-state index in [1.54, 1.807) is 19.2 Å². The summed E-state index contributed by atoms with van der Waals surface area (Å²) in [6, 6.07) is 6.19. The second kappa shape index (κ2) is 7.52. The first-order valence-electron chi connectivity index (χ1n) is 5.71. The monoisotopic (exact) mass is 302 g/mol. The fourth-order valence-electron chi connectivity index (χ4n) is 1.39. The third-order valence-electron chi connectivity index (χ3n) is 2.43. The number of sulfone groups is 1. The van der Waals surface area contributed by atoms with E-state index in [0.29, 0.717) is 17.9 Å². The quantitative estimate of drug-likeness (QED) is 0.426. The lowest BCUT2D eigenvalue weighted by Crippen LogP contribution is -2.14. The number of amidine groups is 1. The minimum atomic E-state index is -3.32. The van der Waals surface area contributed by atoms with Crippen LogP contribution in [0.5, 0.6) is 0 Å². The van der Waals surface area contributed by atoms with Gasteiger partial charge in [0.1, 0.15) is 5.84 Å². The number of rotatable bonds is 8. The Morgan fingerprint density at radius 3 is 2.79 bits per heavy atom. The van der Waals surface area contributed by atoms with Crippen molar-refractivity contribution in [2.75, 3.05) is 31.0 Å². The van der Waals surface area contributed by atoms with Crippen molar-refractivity contribution in [2.45, 2.75) is 4.90 Å². The number of nitrogens with two attached hydrogens (primary N) is 1. The molecule has 0 fully saturated rings. The van der Waals surface area contributed by atoms with Gasteiger partial charge in [-0.1, -0.05) is 12.1 Å². The summed E-state index contributed by atoms with van der Waals surface area (Å²) in [6.07, 6.45) is 0. The predicted octanol–water partition coefficient (Wildman–Crippen LogP) is 1.12. The summed E-state index contributed by atoms with van der Waals surface area (Å²) in [5, 5.41) is 7.32. The topological polar surface area (TPSA) is 93.2 Å². The molecule has 0 aliphatic heterocycles. The van der Waals surface area contributed by atoms with Gasteiger partial charge in [-0.2, -0.15) is 11.8 Å². The minimum Gasteiger partial charge on any atom is -0.384 e. The molecule has 1 aromatic carbocycles. The highest BCUT2D eigenvalue weighted by atomic mass is 32.2. The van der Waals surface area contributed by atoms with Crippen LogP contribution in [0.2, 0.25) is 0 Å². The van der Waals surface area contributed by atoms with Gasteiger partial charge in [-0.15, -0.1) is 0 Å². The number of hydrogen-bond acceptors (Lipinski definition) is 5. The number of thioether (sulfide) groups is 1. The standard InChI is InChI=1S/C12H18N2O3S2/c1-17-5-6-18-7-8-19(15,16)11-4-2-3-10(9-11)12(13)14/h2-4,9H,5-8H2,1H3,(H3,13,14). The van der Waals surface area contributed by atoms with Gasteiger partial charge in [-0.25, -0.2) is 8.42 Å². The number of benzene rings is 1. The Labute approximate surface area is 118 Å². The van der Waals surface area contributed by atoms with E-state index in [9.17, 15) is 8.42 Å². The van der Waals surface area contributed by atoms with Gasteiger partial charge in [0.15, 0.2) is 9.84 Å². The first-order chi connectivity index (χ1) is 8.97. The van der Waals surface area contributed by atoms with Crippen LogP contribution in [0.4, 0.5) is 0 Å². The highest BCUT2D eigenvalue weighted by molar-refractivity contribution is 8.00. The Bertz CT molecular complexity index is 530. The van der Waals surface area contributed by atoms with E-state index < -0.39 is 9.84 Å². The average molecular weight is 302 g/mol. The maximum atomic E-state index is 12.1. The van der Waals surface area contributed by atoms with Crippen LogP contribution in [-0.2, 0) is 14.6 Å². The molecule has 0 spiro atoms. The molecule has 1 aromatic rings. The zero-order chi connectivity index (χ0) is 14.3. The highest BCUT2D eigenvalue weighted by Crippen LogP contribution is 2.14. The summed E-state index contributed by atoms with van der Waals surface area (Å²) in [4.78, 5) is 0.215. The first-order valence-corrected chi connectivity index (χ1v) is 8.52. The molecule has 0 radical (unpaired) electrons. The Hall–Kier alpha value is -1.05. The second-order valence-corrected chi connectivity index (χ2v) is 7.20. The molecule has 106 valence electrons. The van der Waals surface area contributed by atoms with Crippen LogP contribution < -0.4 is 5.73 Å². The van der Waals surface area contributed by atoms with Gasteiger partial charge in [0.25, 0.3) is 0 Å². The van der Waals surface area contributed by atoms with Crippen molar-refractivity contribution in [3.63, 3.8) is 0 Å². The van der Waals surface area contributed by atoms with Crippen molar-refractivity contribution in [3.05, 3.63) is 29.8 Å². The van der Waals surface area contributed by atoms with Gasteiger partial charge < -0.3 is 10.5 Å². The number of nitrogens with one attached hydrogen (secondary N) is 1. The fourth-order valence-corrected chi connectivity index (χ4v) is 4.05. The maximum absolute atomic E-state index is 12.1. The number of hydrogen-bond donors (Lipinski definition) is 2. The fraction of sp³-hybridized carbons (Fsp3) is 0.417. The van der Waals surface area contributed by atoms with Crippen LogP contribution >= 0.6 is 11.8 Å². The third-order valence-corrected chi connectivity index (χ3v) is 5.35. The van der Waals surface area contributed by atoms with Crippen molar-refractivity contribution >= 4 is 27.4 Å². The van der Waals surface area contributed by atoms with Crippen LogP contribution in [0.1, 0.15) is 5.56 Å². The van der Waals surface area contributed by atoms with Crippen molar-refractivity contribution in [1.29, 1.82) is 5.41 Å². The molecule has 19 heavy (non-hydrogen) atoms. The molecule has 0 heterocycles.